The van der Waals surface area contributed by atoms with Gasteiger partial charge >= 0.3 is 0 Å². The van der Waals surface area contributed by atoms with E-state index in [2.05, 4.69) is 17.9 Å². The van der Waals surface area contributed by atoms with Crippen LogP contribution in [0.5, 0.6) is 0 Å². The lowest BCUT2D eigenvalue weighted by atomic mass is 9.98. The predicted molar refractivity (Wildman–Crippen MR) is 66.0 cm³/mol. The maximum absolute atomic E-state index is 8.76. The van der Waals surface area contributed by atoms with E-state index in [9.17, 15) is 0 Å². The second-order valence-electron chi connectivity index (χ2n) is 4.41. The Morgan fingerprint density at radius 1 is 1.38 bits per heavy atom. The first-order valence-electron chi connectivity index (χ1n) is 5.97. The van der Waals surface area contributed by atoms with E-state index in [1.165, 1.54) is 0 Å². The number of hydrogen-bond acceptors (Lipinski definition) is 4. The Morgan fingerprint density at radius 2 is 2.06 bits per heavy atom. The normalized spacial score (nSPS) is 14.8. The first-order valence-corrected chi connectivity index (χ1v) is 5.97. The summed E-state index contributed by atoms with van der Waals surface area (Å²) in [7, 11) is 1.72. The third-order valence-corrected chi connectivity index (χ3v) is 2.73. The Balaban J connectivity index is 3.60. The molecular weight excluding hydrogens is 202 g/mol. The topological polar surface area (TPSA) is 62.3 Å². The smallest absolute Gasteiger partial charge is 0.101 e. The molecule has 0 aliphatic carbocycles. The molecule has 0 rings (SSSR count). The predicted octanol–water partition coefficient (Wildman–Crippen LogP) is 1.37. The van der Waals surface area contributed by atoms with Crippen molar-refractivity contribution in [3.8, 4) is 6.07 Å². The van der Waals surface area contributed by atoms with Gasteiger partial charge in [0.15, 0.2) is 0 Å². The summed E-state index contributed by atoms with van der Waals surface area (Å²) >= 11 is 0. The fourth-order valence-corrected chi connectivity index (χ4v) is 1.53. The molecule has 0 radical (unpaired) electrons. The van der Waals surface area contributed by atoms with Crippen LogP contribution in [-0.4, -0.2) is 43.8 Å². The minimum Gasteiger partial charge on any atom is -0.383 e. The standard InChI is InChI=1S/C12H25N3O/c1-4-15(9-10-16-3)8-6-5-7-12(2,14)11-13/h4-10,14H2,1-3H3. The number of nitrogens with two attached hydrogens (primary N) is 1. The number of nitriles is 1. The second kappa shape index (κ2) is 8.51. The molecule has 0 aliphatic rings. The summed E-state index contributed by atoms with van der Waals surface area (Å²) in [6.07, 6.45) is 2.86. The van der Waals surface area contributed by atoms with Crippen LogP contribution in [0.4, 0.5) is 0 Å². The van der Waals surface area contributed by atoms with Gasteiger partial charge in [0.2, 0.25) is 0 Å². The van der Waals surface area contributed by atoms with Crippen LogP contribution < -0.4 is 5.73 Å². The highest BCUT2D eigenvalue weighted by molar-refractivity contribution is 5.00. The zero-order chi connectivity index (χ0) is 12.4. The van der Waals surface area contributed by atoms with Crippen LogP contribution in [0.25, 0.3) is 0 Å². The Bertz CT molecular complexity index is 211. The summed E-state index contributed by atoms with van der Waals surface area (Å²) in [5, 5.41) is 8.76. The minimum atomic E-state index is -0.663. The van der Waals surface area contributed by atoms with Crippen molar-refractivity contribution in [2.24, 2.45) is 5.73 Å². The number of unbranched alkanes of at least 4 members (excludes halogenated alkanes) is 1. The molecule has 0 aromatic heterocycles. The third kappa shape index (κ3) is 7.63. The lowest BCUT2D eigenvalue weighted by Gasteiger charge is -2.20. The van der Waals surface area contributed by atoms with E-state index in [0.29, 0.717) is 0 Å². The zero-order valence-electron chi connectivity index (χ0n) is 10.8. The number of methoxy groups -OCH3 is 1. The first kappa shape index (κ1) is 15.4. The minimum absolute atomic E-state index is 0.663. The van der Waals surface area contributed by atoms with Crippen molar-refractivity contribution >= 4 is 0 Å². The molecule has 0 fully saturated rings. The summed E-state index contributed by atoms with van der Waals surface area (Å²) in [5.41, 5.74) is 5.09. The van der Waals surface area contributed by atoms with Crippen LogP contribution in [0.3, 0.4) is 0 Å². The summed E-state index contributed by atoms with van der Waals surface area (Å²) in [6.45, 7) is 7.79. The van der Waals surface area contributed by atoms with Gasteiger partial charge in [-0.05, 0) is 39.3 Å². The van der Waals surface area contributed by atoms with E-state index in [1.807, 2.05) is 0 Å². The molecule has 1 atom stereocenters. The van der Waals surface area contributed by atoms with Gasteiger partial charge in [-0.15, -0.1) is 0 Å². The molecule has 16 heavy (non-hydrogen) atoms. The molecular formula is C12H25N3O. The molecule has 0 aromatic rings. The first-order chi connectivity index (χ1) is 7.55. The van der Waals surface area contributed by atoms with E-state index in [4.69, 9.17) is 15.7 Å². The van der Waals surface area contributed by atoms with Gasteiger partial charge in [0.1, 0.15) is 5.54 Å². The molecule has 0 aliphatic heterocycles. The van der Waals surface area contributed by atoms with Crippen LogP contribution in [0.15, 0.2) is 0 Å². The summed E-state index contributed by atoms with van der Waals surface area (Å²) < 4.78 is 5.05. The van der Waals surface area contributed by atoms with Crippen molar-refractivity contribution in [1.82, 2.24) is 4.90 Å². The molecule has 4 nitrogen and oxygen atoms in total. The number of likely N-dealkylation sites (N-methyl/N-ethyl adjacent to an activating group) is 1. The highest BCUT2D eigenvalue weighted by Gasteiger charge is 2.16. The maximum atomic E-state index is 8.76. The summed E-state index contributed by atoms with van der Waals surface area (Å²) in [5.74, 6) is 0. The zero-order valence-corrected chi connectivity index (χ0v) is 10.8. The largest absolute Gasteiger partial charge is 0.383 e. The van der Waals surface area contributed by atoms with Gasteiger partial charge in [-0.1, -0.05) is 6.92 Å². The molecule has 0 saturated heterocycles. The number of nitrogens with zero attached hydrogens (tertiary/aromatic N) is 2. The van der Waals surface area contributed by atoms with Crippen molar-refractivity contribution in [2.45, 2.75) is 38.6 Å². The van der Waals surface area contributed by atoms with Crippen LogP contribution >= 0.6 is 0 Å². The van der Waals surface area contributed by atoms with Crippen LogP contribution in [0.2, 0.25) is 0 Å². The molecule has 2 N–H and O–H groups in total. The highest BCUT2D eigenvalue weighted by Crippen LogP contribution is 2.09. The Hall–Kier alpha value is -0.630. The van der Waals surface area contributed by atoms with Crippen LogP contribution in [0.1, 0.15) is 33.1 Å². The maximum Gasteiger partial charge on any atom is 0.101 e. The van der Waals surface area contributed by atoms with Gasteiger partial charge in [0.25, 0.3) is 0 Å². The van der Waals surface area contributed by atoms with Crippen molar-refractivity contribution in [2.75, 3.05) is 33.4 Å². The number of rotatable bonds is 9. The van der Waals surface area contributed by atoms with E-state index in [0.717, 1.165) is 45.5 Å². The highest BCUT2D eigenvalue weighted by atomic mass is 16.5. The fourth-order valence-electron chi connectivity index (χ4n) is 1.53. The number of ether oxygens (including phenoxy) is 1. The molecule has 0 heterocycles. The molecule has 0 spiro atoms. The van der Waals surface area contributed by atoms with E-state index < -0.39 is 5.54 Å². The molecule has 0 aromatic carbocycles. The molecule has 4 heteroatoms. The quantitative estimate of drug-likeness (QED) is 0.604. The van der Waals surface area contributed by atoms with Crippen LogP contribution in [0, 0.1) is 11.3 Å². The Morgan fingerprint density at radius 3 is 2.56 bits per heavy atom. The molecule has 1 unspecified atom stereocenters. The fraction of sp³-hybridized carbons (Fsp3) is 0.917. The van der Waals surface area contributed by atoms with Gasteiger partial charge < -0.3 is 15.4 Å². The van der Waals surface area contributed by atoms with Gasteiger partial charge in [-0.2, -0.15) is 5.26 Å². The van der Waals surface area contributed by atoms with Gasteiger partial charge in [0.05, 0.1) is 12.7 Å². The van der Waals surface area contributed by atoms with Gasteiger partial charge in [-0.3, -0.25) is 0 Å². The van der Waals surface area contributed by atoms with Crippen molar-refractivity contribution in [3.05, 3.63) is 0 Å². The lowest BCUT2D eigenvalue weighted by Crippen LogP contribution is -2.34. The Kier molecular flexibility index (Phi) is 8.18. The van der Waals surface area contributed by atoms with Crippen LogP contribution in [-0.2, 0) is 4.74 Å². The monoisotopic (exact) mass is 227 g/mol. The van der Waals surface area contributed by atoms with E-state index >= 15 is 0 Å². The lowest BCUT2D eigenvalue weighted by molar-refractivity contribution is 0.149. The molecule has 0 amide bonds. The number of hydrogen-bond donors (Lipinski definition) is 1. The molecule has 94 valence electrons. The van der Waals surface area contributed by atoms with Crippen molar-refractivity contribution in [3.63, 3.8) is 0 Å². The summed E-state index contributed by atoms with van der Waals surface area (Å²) in [4.78, 5) is 2.35. The molecule has 0 saturated carbocycles. The van der Waals surface area contributed by atoms with Crippen molar-refractivity contribution in [1.29, 1.82) is 5.26 Å². The van der Waals surface area contributed by atoms with Crippen molar-refractivity contribution < 1.29 is 4.74 Å². The van der Waals surface area contributed by atoms with Gasteiger partial charge in [-0.25, -0.2) is 0 Å². The van der Waals surface area contributed by atoms with E-state index in [1.54, 1.807) is 14.0 Å². The average Bonchev–Trinajstić information content (AvgIpc) is 2.28. The van der Waals surface area contributed by atoms with Gasteiger partial charge in [0, 0.05) is 13.7 Å². The second-order valence-corrected chi connectivity index (χ2v) is 4.41. The average molecular weight is 227 g/mol. The van der Waals surface area contributed by atoms with E-state index in [-0.39, 0.29) is 0 Å². The third-order valence-electron chi connectivity index (χ3n) is 2.73. The Labute approximate surface area is 99.4 Å². The summed E-state index contributed by atoms with van der Waals surface area (Å²) in [6, 6.07) is 2.12. The molecule has 0 bridgehead atoms. The SMILES string of the molecule is CCN(CCCCC(C)(N)C#N)CCOC.